The van der Waals surface area contributed by atoms with Crippen molar-refractivity contribution in [2.24, 2.45) is 0 Å². The van der Waals surface area contributed by atoms with Crippen LogP contribution in [0.1, 0.15) is 35.4 Å². The maximum Gasteiger partial charge on any atom is 0.122 e. The zero-order chi connectivity index (χ0) is 11.1. The number of benzene rings is 1. The van der Waals surface area contributed by atoms with Crippen LogP contribution in [0, 0.1) is 0 Å². The predicted octanol–water partition coefficient (Wildman–Crippen LogP) is 3.43. The summed E-state index contributed by atoms with van der Waals surface area (Å²) < 4.78 is 5.65. The first kappa shape index (κ1) is 10.4. The van der Waals surface area contributed by atoms with Crippen molar-refractivity contribution in [1.82, 2.24) is 0 Å². The Labute approximate surface area is 99.1 Å². The Bertz CT molecular complexity index is 450. The van der Waals surface area contributed by atoms with Crippen molar-refractivity contribution >= 4 is 9.24 Å². The molecule has 1 aliphatic heterocycles. The fourth-order valence-corrected chi connectivity index (χ4v) is 3.36. The molecule has 2 aliphatic rings. The molecule has 2 atom stereocenters. The zero-order valence-corrected chi connectivity index (χ0v) is 10.6. The Morgan fingerprint density at radius 2 is 2.31 bits per heavy atom. The highest BCUT2D eigenvalue weighted by Crippen LogP contribution is 2.44. The molecule has 1 heterocycles. The van der Waals surface area contributed by atoms with Crippen LogP contribution >= 0.6 is 9.24 Å². The van der Waals surface area contributed by atoms with E-state index in [1.165, 1.54) is 23.7 Å². The van der Waals surface area contributed by atoms with Gasteiger partial charge in [0, 0.05) is 12.0 Å². The molecule has 0 radical (unpaired) electrons. The molecule has 16 heavy (non-hydrogen) atoms. The van der Waals surface area contributed by atoms with E-state index < -0.39 is 0 Å². The zero-order valence-electron chi connectivity index (χ0n) is 9.46. The van der Waals surface area contributed by atoms with Crippen molar-refractivity contribution in [2.75, 3.05) is 6.61 Å². The molecule has 3 rings (SSSR count). The molecule has 1 aliphatic carbocycles. The molecule has 1 nitrogen and oxygen atoms in total. The van der Waals surface area contributed by atoms with Gasteiger partial charge in [0.2, 0.25) is 0 Å². The first-order valence-corrected chi connectivity index (χ1v) is 6.54. The molecule has 0 amide bonds. The maximum atomic E-state index is 5.65. The van der Waals surface area contributed by atoms with Crippen LogP contribution in [-0.2, 0) is 12.8 Å². The van der Waals surface area contributed by atoms with E-state index in [-0.39, 0.29) is 0 Å². The molecular formula is C14H17OP. The lowest BCUT2D eigenvalue weighted by Gasteiger charge is -2.14. The van der Waals surface area contributed by atoms with Gasteiger partial charge in [-0.2, -0.15) is 0 Å². The minimum Gasteiger partial charge on any atom is -0.493 e. The third-order valence-corrected chi connectivity index (χ3v) is 3.93. The average molecular weight is 232 g/mol. The number of aryl methyl sites for hydroxylation is 1. The van der Waals surface area contributed by atoms with E-state index >= 15 is 0 Å². The monoisotopic (exact) mass is 232 g/mol. The molecule has 0 fully saturated rings. The third-order valence-electron chi connectivity index (χ3n) is 3.69. The van der Waals surface area contributed by atoms with Crippen molar-refractivity contribution in [3.8, 4) is 5.75 Å². The summed E-state index contributed by atoms with van der Waals surface area (Å²) in [5.74, 6) is 1.80. The quantitative estimate of drug-likeness (QED) is 0.710. The summed E-state index contributed by atoms with van der Waals surface area (Å²) in [6.45, 7) is 4.88. The topological polar surface area (TPSA) is 9.23 Å². The highest BCUT2D eigenvalue weighted by atomic mass is 31.0. The van der Waals surface area contributed by atoms with Crippen molar-refractivity contribution in [2.45, 2.75) is 31.6 Å². The molecule has 0 saturated heterocycles. The van der Waals surface area contributed by atoms with Crippen LogP contribution in [0.3, 0.4) is 0 Å². The molecule has 1 aromatic carbocycles. The van der Waals surface area contributed by atoms with E-state index in [0.717, 1.165) is 25.2 Å². The second-order valence-corrected chi connectivity index (χ2v) is 5.63. The van der Waals surface area contributed by atoms with Gasteiger partial charge in [-0.1, -0.05) is 18.0 Å². The van der Waals surface area contributed by atoms with Gasteiger partial charge in [-0.25, -0.2) is 0 Å². The third kappa shape index (κ3) is 1.58. The van der Waals surface area contributed by atoms with Gasteiger partial charge in [0.25, 0.3) is 0 Å². The predicted molar refractivity (Wildman–Crippen MR) is 70.2 cm³/mol. The Balaban J connectivity index is 2.03. The van der Waals surface area contributed by atoms with Gasteiger partial charge in [0.15, 0.2) is 0 Å². The number of allylic oxidation sites excluding steroid dienone is 1. The summed E-state index contributed by atoms with van der Waals surface area (Å²) in [7, 11) is 2.74. The van der Waals surface area contributed by atoms with Crippen molar-refractivity contribution < 1.29 is 4.74 Å². The molecule has 84 valence electrons. The minimum absolute atomic E-state index is 0.677. The van der Waals surface area contributed by atoms with Crippen LogP contribution in [-0.4, -0.2) is 6.61 Å². The van der Waals surface area contributed by atoms with Crippen LogP contribution < -0.4 is 4.74 Å². The standard InChI is InChI=1S/C14H17OP/c1-9(16)8-11-3-2-10-4-5-13-12(14(10)11)6-7-15-13/h4-5,11H,1-3,6-8,16H2. The number of hydrogen-bond acceptors (Lipinski definition) is 1. The molecule has 2 heteroatoms. The number of fused-ring (bicyclic) bond motifs is 3. The molecule has 0 saturated carbocycles. The molecule has 0 spiro atoms. The van der Waals surface area contributed by atoms with Gasteiger partial charge < -0.3 is 4.74 Å². The van der Waals surface area contributed by atoms with Gasteiger partial charge in [-0.3, -0.25) is 0 Å². The molecule has 0 bridgehead atoms. The lowest BCUT2D eigenvalue weighted by atomic mass is 9.92. The summed E-state index contributed by atoms with van der Waals surface area (Å²) in [5.41, 5.74) is 4.60. The van der Waals surface area contributed by atoms with Crippen LogP contribution in [0.25, 0.3) is 0 Å². The van der Waals surface area contributed by atoms with Gasteiger partial charge in [-0.15, -0.1) is 9.24 Å². The van der Waals surface area contributed by atoms with Crippen LogP contribution in [0.2, 0.25) is 0 Å². The Kier molecular flexibility index (Phi) is 2.52. The second-order valence-electron chi connectivity index (χ2n) is 4.81. The van der Waals surface area contributed by atoms with Gasteiger partial charge in [-0.05, 0) is 42.4 Å². The normalized spacial score (nSPS) is 21.4. The second kappa shape index (κ2) is 3.89. The first-order chi connectivity index (χ1) is 7.75. The molecule has 0 N–H and O–H groups in total. The van der Waals surface area contributed by atoms with E-state index in [1.54, 1.807) is 11.1 Å². The summed E-state index contributed by atoms with van der Waals surface area (Å²) >= 11 is 0. The fraction of sp³-hybridized carbons (Fsp3) is 0.429. The van der Waals surface area contributed by atoms with Crippen LogP contribution in [0.4, 0.5) is 0 Å². The van der Waals surface area contributed by atoms with E-state index in [9.17, 15) is 0 Å². The Morgan fingerprint density at radius 1 is 1.44 bits per heavy atom. The van der Waals surface area contributed by atoms with E-state index in [1.807, 2.05) is 0 Å². The maximum absolute atomic E-state index is 5.65. The summed E-state index contributed by atoms with van der Waals surface area (Å²) in [4.78, 5) is 0. The number of ether oxygens (including phenoxy) is 1. The smallest absolute Gasteiger partial charge is 0.122 e. The van der Waals surface area contributed by atoms with Gasteiger partial charge in [0.1, 0.15) is 5.75 Å². The average Bonchev–Trinajstić information content (AvgIpc) is 2.82. The van der Waals surface area contributed by atoms with E-state index in [2.05, 4.69) is 28.0 Å². The van der Waals surface area contributed by atoms with Crippen molar-refractivity contribution in [3.63, 3.8) is 0 Å². The highest BCUT2D eigenvalue weighted by Gasteiger charge is 2.29. The molecule has 1 aromatic rings. The van der Waals surface area contributed by atoms with E-state index in [0.29, 0.717) is 5.92 Å². The molecular weight excluding hydrogens is 215 g/mol. The van der Waals surface area contributed by atoms with Crippen LogP contribution in [0.15, 0.2) is 24.0 Å². The summed E-state index contributed by atoms with van der Waals surface area (Å²) in [5, 5.41) is 1.22. The summed E-state index contributed by atoms with van der Waals surface area (Å²) in [6, 6.07) is 4.41. The van der Waals surface area contributed by atoms with Crippen molar-refractivity contribution in [3.05, 3.63) is 40.7 Å². The fourth-order valence-electron chi connectivity index (χ4n) is 3.07. The highest BCUT2D eigenvalue weighted by molar-refractivity contribution is 7.22. The SMILES string of the molecule is C=C(P)CC1CCc2ccc3c(c21)CCO3. The first-order valence-electron chi connectivity index (χ1n) is 5.96. The minimum atomic E-state index is 0.677. The Morgan fingerprint density at radius 3 is 3.12 bits per heavy atom. The number of rotatable bonds is 2. The lowest BCUT2D eigenvalue weighted by molar-refractivity contribution is 0.357. The van der Waals surface area contributed by atoms with E-state index in [4.69, 9.17) is 4.74 Å². The summed E-state index contributed by atoms with van der Waals surface area (Å²) in [6.07, 6.45) is 4.71. The molecule has 0 aromatic heterocycles. The van der Waals surface area contributed by atoms with Gasteiger partial charge in [0.05, 0.1) is 6.61 Å². The lowest BCUT2D eigenvalue weighted by Crippen LogP contribution is -1.97. The van der Waals surface area contributed by atoms with Gasteiger partial charge >= 0.3 is 0 Å². The largest absolute Gasteiger partial charge is 0.493 e. The molecule has 2 unspecified atom stereocenters. The number of hydrogen-bond donors (Lipinski definition) is 0. The van der Waals surface area contributed by atoms with Crippen LogP contribution in [0.5, 0.6) is 5.75 Å². The van der Waals surface area contributed by atoms with Crippen molar-refractivity contribution in [1.29, 1.82) is 0 Å². The Hall–Kier alpha value is -0.810.